The molecular weight excluding hydrogens is 250 g/mol. The highest BCUT2D eigenvalue weighted by molar-refractivity contribution is 5.28. The fourth-order valence-electron chi connectivity index (χ4n) is 3.76. The summed E-state index contributed by atoms with van der Waals surface area (Å²) in [5, 5.41) is 3.28. The van der Waals surface area contributed by atoms with Crippen LogP contribution in [0.5, 0.6) is 0 Å². The number of aromatic nitrogens is 1. The van der Waals surface area contributed by atoms with Crippen LogP contribution in [-0.2, 0) is 12.8 Å². The summed E-state index contributed by atoms with van der Waals surface area (Å²) in [7, 11) is 0. The minimum absolute atomic E-state index is 0.683. The molecule has 2 atom stereocenters. The lowest BCUT2D eigenvalue weighted by Crippen LogP contribution is -2.49. The summed E-state index contributed by atoms with van der Waals surface area (Å²) in [5.74, 6) is 1.92. The van der Waals surface area contributed by atoms with E-state index in [1.54, 1.807) is 0 Å². The van der Waals surface area contributed by atoms with E-state index in [4.69, 9.17) is 4.42 Å². The molecule has 1 aromatic heterocycles. The van der Waals surface area contributed by atoms with Gasteiger partial charge in [0, 0.05) is 19.0 Å². The van der Waals surface area contributed by atoms with Gasteiger partial charge in [0.05, 0.1) is 5.69 Å². The predicted octanol–water partition coefficient (Wildman–Crippen LogP) is 3.09. The third-order valence-corrected chi connectivity index (χ3v) is 4.70. The Morgan fingerprint density at radius 2 is 2.20 bits per heavy atom. The van der Waals surface area contributed by atoms with E-state index >= 15 is 0 Å². The molecule has 112 valence electrons. The molecule has 1 aliphatic carbocycles. The molecule has 0 aromatic carbocycles. The third-order valence-electron chi connectivity index (χ3n) is 4.70. The first-order valence-corrected chi connectivity index (χ1v) is 8.28. The molecule has 2 heterocycles. The lowest BCUT2D eigenvalue weighted by atomic mass is 9.79. The molecule has 0 spiro atoms. The van der Waals surface area contributed by atoms with Crippen molar-refractivity contribution in [2.24, 2.45) is 5.92 Å². The molecule has 0 bridgehead atoms. The Morgan fingerprint density at radius 3 is 3.00 bits per heavy atom. The molecule has 20 heavy (non-hydrogen) atoms. The Morgan fingerprint density at radius 1 is 1.30 bits per heavy atom. The fourth-order valence-corrected chi connectivity index (χ4v) is 3.76. The Hall–Kier alpha value is -1.03. The summed E-state index contributed by atoms with van der Waals surface area (Å²) in [6.07, 6.45) is 7.21. The van der Waals surface area contributed by atoms with Gasteiger partial charge in [0.25, 0.3) is 6.01 Å². The zero-order chi connectivity index (χ0) is 13.9. The van der Waals surface area contributed by atoms with Gasteiger partial charge in [0.1, 0.15) is 5.76 Å². The van der Waals surface area contributed by atoms with E-state index in [0.717, 1.165) is 43.5 Å². The summed E-state index contributed by atoms with van der Waals surface area (Å²) >= 11 is 0. The van der Waals surface area contributed by atoms with Crippen molar-refractivity contribution in [3.8, 4) is 0 Å². The molecule has 1 saturated heterocycles. The highest BCUT2D eigenvalue weighted by atomic mass is 16.4. The molecule has 0 saturated carbocycles. The lowest BCUT2D eigenvalue weighted by Gasteiger charge is -2.43. The van der Waals surface area contributed by atoms with Crippen LogP contribution in [0.3, 0.4) is 0 Å². The molecular formula is C16H27N3O. The molecule has 1 aromatic rings. The van der Waals surface area contributed by atoms with Crippen molar-refractivity contribution in [1.29, 1.82) is 0 Å². The average Bonchev–Trinajstić information content (AvgIpc) is 2.85. The Labute approximate surface area is 121 Å². The first kappa shape index (κ1) is 13.9. The van der Waals surface area contributed by atoms with E-state index in [-0.39, 0.29) is 0 Å². The Bertz CT molecular complexity index is 441. The number of likely N-dealkylation sites (tertiary alicyclic amines) is 1. The van der Waals surface area contributed by atoms with Crippen LogP contribution in [0.4, 0.5) is 6.01 Å². The smallest absolute Gasteiger partial charge is 0.295 e. The second-order valence-electron chi connectivity index (χ2n) is 6.23. The molecule has 1 N–H and O–H groups in total. The van der Waals surface area contributed by atoms with E-state index in [0.29, 0.717) is 6.04 Å². The van der Waals surface area contributed by atoms with Gasteiger partial charge >= 0.3 is 0 Å². The van der Waals surface area contributed by atoms with E-state index in [9.17, 15) is 0 Å². The zero-order valence-corrected chi connectivity index (χ0v) is 12.8. The lowest BCUT2D eigenvalue weighted by molar-refractivity contribution is 0.0799. The molecule has 0 amide bonds. The van der Waals surface area contributed by atoms with Crippen molar-refractivity contribution in [3.63, 3.8) is 0 Å². The maximum Gasteiger partial charge on any atom is 0.295 e. The standard InChI is InChI=1S/C16H27N3O/c1-3-7-17-16-18-13-10-12-6-5-9-19(8-4-2)14(12)11-15(13)20-16/h12,14H,3-11H2,1-2H3,(H,17,18)/t12-,14-/m1/s1. The van der Waals surface area contributed by atoms with Crippen LogP contribution in [0.2, 0.25) is 0 Å². The monoisotopic (exact) mass is 277 g/mol. The number of hydrogen-bond donors (Lipinski definition) is 1. The summed E-state index contributed by atoms with van der Waals surface area (Å²) < 4.78 is 5.93. The van der Waals surface area contributed by atoms with E-state index in [1.807, 2.05) is 0 Å². The van der Waals surface area contributed by atoms with Gasteiger partial charge in [-0.15, -0.1) is 0 Å². The highest BCUT2D eigenvalue weighted by Crippen LogP contribution is 2.35. The van der Waals surface area contributed by atoms with E-state index in [1.165, 1.54) is 38.0 Å². The quantitative estimate of drug-likeness (QED) is 0.898. The number of nitrogens with one attached hydrogen (secondary N) is 1. The molecule has 4 nitrogen and oxygen atoms in total. The van der Waals surface area contributed by atoms with Crippen molar-refractivity contribution in [1.82, 2.24) is 9.88 Å². The maximum absolute atomic E-state index is 5.93. The van der Waals surface area contributed by atoms with Crippen molar-refractivity contribution in [3.05, 3.63) is 11.5 Å². The first-order valence-electron chi connectivity index (χ1n) is 8.28. The Kier molecular flexibility index (Phi) is 4.29. The molecule has 1 aliphatic heterocycles. The first-order chi connectivity index (χ1) is 9.81. The normalized spacial score (nSPS) is 26.1. The second-order valence-corrected chi connectivity index (χ2v) is 6.23. The summed E-state index contributed by atoms with van der Waals surface area (Å²) in [4.78, 5) is 7.33. The predicted molar refractivity (Wildman–Crippen MR) is 81.1 cm³/mol. The number of anilines is 1. The largest absolute Gasteiger partial charge is 0.428 e. The van der Waals surface area contributed by atoms with Crippen LogP contribution in [-0.4, -0.2) is 35.6 Å². The highest BCUT2D eigenvalue weighted by Gasteiger charge is 2.37. The SMILES string of the molecule is CCCNc1nc2c(o1)C[C@@H]1[C@H](CCCN1CCC)C2. The number of hydrogen-bond acceptors (Lipinski definition) is 4. The van der Waals surface area contributed by atoms with Gasteiger partial charge in [-0.2, -0.15) is 4.98 Å². The average molecular weight is 277 g/mol. The Balaban J connectivity index is 1.74. The number of piperidine rings is 1. The molecule has 2 aliphatic rings. The van der Waals surface area contributed by atoms with E-state index < -0.39 is 0 Å². The topological polar surface area (TPSA) is 41.3 Å². The van der Waals surface area contributed by atoms with Gasteiger partial charge in [-0.05, 0) is 51.1 Å². The van der Waals surface area contributed by atoms with Crippen LogP contribution in [0, 0.1) is 5.92 Å². The molecule has 1 fully saturated rings. The van der Waals surface area contributed by atoms with Crippen molar-refractivity contribution in [2.45, 2.75) is 58.4 Å². The molecule has 3 rings (SSSR count). The zero-order valence-electron chi connectivity index (χ0n) is 12.8. The maximum atomic E-state index is 5.93. The molecule has 0 radical (unpaired) electrons. The number of rotatable bonds is 5. The number of oxazole rings is 1. The summed E-state index contributed by atoms with van der Waals surface area (Å²) in [5.41, 5.74) is 1.21. The van der Waals surface area contributed by atoms with Crippen LogP contribution in [0.1, 0.15) is 51.0 Å². The minimum Gasteiger partial charge on any atom is -0.428 e. The molecule has 0 unspecified atom stereocenters. The number of fused-ring (bicyclic) bond motifs is 2. The van der Waals surface area contributed by atoms with E-state index in [2.05, 4.69) is 29.0 Å². The van der Waals surface area contributed by atoms with Crippen LogP contribution >= 0.6 is 0 Å². The van der Waals surface area contributed by atoms with Gasteiger partial charge in [0.2, 0.25) is 0 Å². The van der Waals surface area contributed by atoms with Gasteiger partial charge in [-0.25, -0.2) is 0 Å². The van der Waals surface area contributed by atoms with Crippen LogP contribution < -0.4 is 5.32 Å². The van der Waals surface area contributed by atoms with Gasteiger partial charge < -0.3 is 9.73 Å². The van der Waals surface area contributed by atoms with Gasteiger partial charge in [-0.3, -0.25) is 4.90 Å². The summed E-state index contributed by atoms with van der Waals surface area (Å²) in [6.45, 7) is 7.87. The van der Waals surface area contributed by atoms with Crippen molar-refractivity contribution >= 4 is 6.01 Å². The minimum atomic E-state index is 0.683. The van der Waals surface area contributed by atoms with Crippen molar-refractivity contribution < 1.29 is 4.42 Å². The fraction of sp³-hybridized carbons (Fsp3) is 0.812. The third kappa shape index (κ3) is 2.71. The second kappa shape index (κ2) is 6.17. The van der Waals surface area contributed by atoms with Gasteiger partial charge in [-0.1, -0.05) is 13.8 Å². The van der Waals surface area contributed by atoms with Crippen molar-refractivity contribution in [2.75, 3.05) is 25.0 Å². The van der Waals surface area contributed by atoms with Gasteiger partial charge in [0.15, 0.2) is 0 Å². The number of nitrogens with zero attached hydrogens (tertiary/aromatic N) is 2. The molecule has 4 heteroatoms. The van der Waals surface area contributed by atoms with Crippen LogP contribution in [0.25, 0.3) is 0 Å². The summed E-state index contributed by atoms with van der Waals surface area (Å²) in [6, 6.07) is 1.42. The van der Waals surface area contributed by atoms with Crippen LogP contribution in [0.15, 0.2) is 4.42 Å².